The molecule has 1 amide bonds. The molecule has 5 nitrogen and oxygen atoms in total. The van der Waals surface area contributed by atoms with E-state index in [9.17, 15) is 9.18 Å². The minimum absolute atomic E-state index is 0.0655. The van der Waals surface area contributed by atoms with E-state index in [2.05, 4.69) is 22.5 Å². The first-order chi connectivity index (χ1) is 13.1. The predicted molar refractivity (Wildman–Crippen MR) is 105 cm³/mol. The summed E-state index contributed by atoms with van der Waals surface area (Å²) in [6, 6.07) is 13.4. The molecule has 3 rings (SSSR count). The van der Waals surface area contributed by atoms with Crippen LogP contribution in [0.1, 0.15) is 35.7 Å². The molecule has 1 atom stereocenters. The Balaban J connectivity index is 1.71. The number of halogens is 1. The van der Waals surface area contributed by atoms with E-state index in [1.165, 1.54) is 17.7 Å². The van der Waals surface area contributed by atoms with Crippen molar-refractivity contribution < 1.29 is 13.9 Å². The van der Waals surface area contributed by atoms with Gasteiger partial charge in [0.1, 0.15) is 5.82 Å². The summed E-state index contributed by atoms with van der Waals surface area (Å²) in [4.78, 5) is 17.0. The van der Waals surface area contributed by atoms with Crippen LogP contribution >= 0.6 is 0 Å². The first kappa shape index (κ1) is 19.0. The molecule has 1 saturated heterocycles. The summed E-state index contributed by atoms with van der Waals surface area (Å²) in [5, 5.41) is 5.86. The zero-order valence-corrected chi connectivity index (χ0v) is 15.4. The van der Waals surface area contributed by atoms with Gasteiger partial charge in [0.15, 0.2) is 0 Å². The summed E-state index contributed by atoms with van der Waals surface area (Å²) in [6.45, 7) is 3.27. The van der Waals surface area contributed by atoms with Crippen LogP contribution in [-0.4, -0.2) is 31.1 Å². The smallest absolute Gasteiger partial charge is 0.257 e. The predicted octanol–water partition coefficient (Wildman–Crippen LogP) is 3.77. The number of carbonyl (C=O) groups is 1. The zero-order chi connectivity index (χ0) is 19.1. The monoisotopic (exact) mass is 369 g/mol. The van der Waals surface area contributed by atoms with Crippen LogP contribution in [0, 0.1) is 5.82 Å². The summed E-state index contributed by atoms with van der Waals surface area (Å²) in [7, 11) is 0. The second-order valence-electron chi connectivity index (χ2n) is 6.46. The van der Waals surface area contributed by atoms with E-state index in [0.29, 0.717) is 23.8 Å². The van der Waals surface area contributed by atoms with Gasteiger partial charge in [0.05, 0.1) is 12.6 Å². The molecule has 1 aliphatic rings. The van der Waals surface area contributed by atoms with E-state index >= 15 is 0 Å². The first-order valence-corrected chi connectivity index (χ1v) is 9.23. The van der Waals surface area contributed by atoms with Crippen LogP contribution in [0.3, 0.4) is 0 Å². The molecule has 0 aliphatic carbocycles. The van der Waals surface area contributed by atoms with Crippen LogP contribution in [-0.2, 0) is 11.2 Å². The SMILES string of the molecule is CCc1ccc(C(=O)NC(=NC[C@H]2CCCO2)Nc2ccc(F)cc2)cc1. The fourth-order valence-electron chi connectivity index (χ4n) is 2.83. The highest BCUT2D eigenvalue weighted by Gasteiger charge is 2.16. The van der Waals surface area contributed by atoms with E-state index in [-0.39, 0.29) is 17.8 Å². The maximum absolute atomic E-state index is 13.1. The standard InChI is InChI=1S/C21H24FN3O2/c1-2-15-5-7-16(8-6-15)20(26)25-21(23-14-19-4-3-13-27-19)24-18-11-9-17(22)10-12-18/h5-12,19H,2-4,13-14H2,1H3,(H2,23,24,25,26)/t19-/m1/s1. The number of hydrogen-bond acceptors (Lipinski definition) is 3. The Hall–Kier alpha value is -2.73. The third-order valence-corrected chi connectivity index (χ3v) is 4.44. The summed E-state index contributed by atoms with van der Waals surface area (Å²) >= 11 is 0. The quantitative estimate of drug-likeness (QED) is 0.623. The van der Waals surface area contributed by atoms with Gasteiger partial charge >= 0.3 is 0 Å². The van der Waals surface area contributed by atoms with Crippen LogP contribution in [0.15, 0.2) is 53.5 Å². The molecule has 1 fully saturated rings. The van der Waals surface area contributed by atoms with Gasteiger partial charge in [-0.3, -0.25) is 10.1 Å². The minimum Gasteiger partial charge on any atom is -0.376 e. The number of guanidine groups is 1. The van der Waals surface area contributed by atoms with E-state index in [1.54, 1.807) is 24.3 Å². The van der Waals surface area contributed by atoms with Gasteiger partial charge in [0, 0.05) is 17.9 Å². The van der Waals surface area contributed by atoms with Crippen molar-refractivity contribution in [3.63, 3.8) is 0 Å². The van der Waals surface area contributed by atoms with Gasteiger partial charge in [-0.1, -0.05) is 19.1 Å². The fraction of sp³-hybridized carbons (Fsp3) is 0.333. The molecule has 0 spiro atoms. The number of aliphatic imine (C=N–C) groups is 1. The molecule has 27 heavy (non-hydrogen) atoms. The summed E-state index contributed by atoms with van der Waals surface area (Å²) in [6.07, 6.45) is 2.97. The number of nitrogens with zero attached hydrogens (tertiary/aromatic N) is 1. The van der Waals surface area contributed by atoms with Crippen molar-refractivity contribution in [1.29, 1.82) is 0 Å². The number of aryl methyl sites for hydroxylation is 1. The first-order valence-electron chi connectivity index (χ1n) is 9.23. The molecule has 1 heterocycles. The molecule has 2 aromatic carbocycles. The van der Waals surface area contributed by atoms with Gasteiger partial charge in [0.2, 0.25) is 5.96 Å². The molecular weight excluding hydrogens is 345 g/mol. The highest BCUT2D eigenvalue weighted by Crippen LogP contribution is 2.13. The van der Waals surface area contributed by atoms with E-state index in [0.717, 1.165) is 25.9 Å². The van der Waals surface area contributed by atoms with Crippen molar-refractivity contribution in [3.05, 3.63) is 65.5 Å². The lowest BCUT2D eigenvalue weighted by Crippen LogP contribution is -2.36. The number of amides is 1. The average molecular weight is 369 g/mol. The number of ether oxygens (including phenoxy) is 1. The molecule has 1 aliphatic heterocycles. The Morgan fingerprint density at radius 3 is 2.56 bits per heavy atom. The second-order valence-corrected chi connectivity index (χ2v) is 6.46. The number of nitrogens with one attached hydrogen (secondary N) is 2. The summed E-state index contributed by atoms with van der Waals surface area (Å²) in [5.74, 6) is -0.251. The Morgan fingerprint density at radius 1 is 1.19 bits per heavy atom. The average Bonchev–Trinajstić information content (AvgIpc) is 3.21. The van der Waals surface area contributed by atoms with E-state index in [1.807, 2.05) is 12.1 Å². The Labute approximate surface area is 158 Å². The molecule has 0 aromatic heterocycles. The number of benzene rings is 2. The molecule has 0 radical (unpaired) electrons. The maximum Gasteiger partial charge on any atom is 0.257 e. The van der Waals surface area contributed by atoms with Crippen LogP contribution < -0.4 is 10.6 Å². The van der Waals surface area contributed by atoms with Gasteiger partial charge in [-0.25, -0.2) is 9.38 Å². The number of carbonyl (C=O) groups excluding carboxylic acids is 1. The molecule has 2 aromatic rings. The van der Waals surface area contributed by atoms with Gasteiger partial charge in [0.25, 0.3) is 5.91 Å². The fourth-order valence-corrected chi connectivity index (χ4v) is 2.83. The molecule has 142 valence electrons. The lowest BCUT2D eigenvalue weighted by molar-refractivity contribution is 0.0975. The number of anilines is 1. The molecule has 2 N–H and O–H groups in total. The molecule has 6 heteroatoms. The summed E-state index contributed by atoms with van der Waals surface area (Å²) < 4.78 is 18.7. The lowest BCUT2D eigenvalue weighted by Gasteiger charge is -2.13. The molecule has 0 saturated carbocycles. The van der Waals surface area contributed by atoms with Gasteiger partial charge in [-0.15, -0.1) is 0 Å². The highest BCUT2D eigenvalue weighted by molar-refractivity contribution is 6.09. The van der Waals surface area contributed by atoms with Gasteiger partial charge in [-0.2, -0.15) is 0 Å². The number of hydrogen-bond donors (Lipinski definition) is 2. The molecule has 0 unspecified atom stereocenters. The van der Waals surface area contributed by atoms with Crippen molar-refractivity contribution >= 4 is 17.6 Å². The van der Waals surface area contributed by atoms with Gasteiger partial charge < -0.3 is 10.1 Å². The van der Waals surface area contributed by atoms with E-state index < -0.39 is 0 Å². The van der Waals surface area contributed by atoms with Crippen molar-refractivity contribution in [2.45, 2.75) is 32.3 Å². The normalized spacial score (nSPS) is 17.0. The topological polar surface area (TPSA) is 62.7 Å². The van der Waals surface area contributed by atoms with Crippen LogP contribution in [0.25, 0.3) is 0 Å². The van der Waals surface area contributed by atoms with Crippen molar-refractivity contribution in [1.82, 2.24) is 5.32 Å². The second kappa shape index (κ2) is 9.28. The minimum atomic E-state index is -0.321. The third-order valence-electron chi connectivity index (χ3n) is 4.44. The Bertz CT molecular complexity index is 782. The van der Waals surface area contributed by atoms with Crippen LogP contribution in [0.5, 0.6) is 0 Å². The zero-order valence-electron chi connectivity index (χ0n) is 15.4. The van der Waals surface area contributed by atoms with E-state index in [4.69, 9.17) is 4.74 Å². The molecular formula is C21H24FN3O2. The van der Waals surface area contributed by atoms with Crippen molar-refractivity contribution in [3.8, 4) is 0 Å². The van der Waals surface area contributed by atoms with Crippen molar-refractivity contribution in [2.24, 2.45) is 4.99 Å². The van der Waals surface area contributed by atoms with Gasteiger partial charge in [-0.05, 0) is 61.2 Å². The summed E-state index contributed by atoms with van der Waals surface area (Å²) in [5.41, 5.74) is 2.37. The lowest BCUT2D eigenvalue weighted by atomic mass is 10.1. The largest absolute Gasteiger partial charge is 0.376 e. The van der Waals surface area contributed by atoms with Crippen molar-refractivity contribution in [2.75, 3.05) is 18.5 Å². The highest BCUT2D eigenvalue weighted by atomic mass is 19.1. The van der Waals surface area contributed by atoms with Crippen LogP contribution in [0.4, 0.5) is 10.1 Å². The maximum atomic E-state index is 13.1. The Morgan fingerprint density at radius 2 is 1.93 bits per heavy atom. The third kappa shape index (κ3) is 5.62. The van der Waals surface area contributed by atoms with Crippen LogP contribution in [0.2, 0.25) is 0 Å². The number of rotatable bonds is 5. The molecule has 0 bridgehead atoms. The Kier molecular flexibility index (Phi) is 6.54.